The summed E-state index contributed by atoms with van der Waals surface area (Å²) in [7, 11) is 0. The van der Waals surface area contributed by atoms with Crippen LogP contribution in [0.4, 0.5) is 0 Å². The Hall–Kier alpha value is -2.55. The number of benzene rings is 2. The van der Waals surface area contributed by atoms with Gasteiger partial charge in [-0.15, -0.1) is 0 Å². The van der Waals surface area contributed by atoms with E-state index in [-0.39, 0.29) is 0 Å². The van der Waals surface area contributed by atoms with Crippen molar-refractivity contribution in [3.8, 4) is 11.4 Å². The molecule has 0 amide bonds. The first-order chi connectivity index (χ1) is 10.3. The van der Waals surface area contributed by atoms with Crippen LogP contribution >= 0.6 is 0 Å². The third-order valence-electron chi connectivity index (χ3n) is 3.37. The van der Waals surface area contributed by atoms with Crippen LogP contribution in [0.1, 0.15) is 18.1 Å². The van der Waals surface area contributed by atoms with E-state index in [1.807, 2.05) is 59.5 Å². The number of hydrogen-bond acceptors (Lipinski definition) is 2. The third kappa shape index (κ3) is 3.31. The number of para-hydroxylation sites is 1. The molecule has 0 spiro atoms. The Bertz CT molecular complexity index is 704. The molecule has 0 saturated heterocycles. The highest BCUT2D eigenvalue weighted by Gasteiger charge is 2.02. The van der Waals surface area contributed by atoms with Crippen LogP contribution in [0.3, 0.4) is 0 Å². The first kappa shape index (κ1) is 13.4. The van der Waals surface area contributed by atoms with Crippen molar-refractivity contribution in [3.05, 3.63) is 78.1 Å². The standard InChI is InChI=1S/C18H18N2O/c1-2-15-7-6-10-18(11-15)21-14-16-12-19-20(13-16)17-8-4-3-5-9-17/h3-13H,2,14H2,1H3. The number of hydrogen-bond donors (Lipinski definition) is 0. The summed E-state index contributed by atoms with van der Waals surface area (Å²) in [6.07, 6.45) is 4.86. The highest BCUT2D eigenvalue weighted by molar-refractivity contribution is 5.31. The first-order valence-electron chi connectivity index (χ1n) is 7.16. The molecule has 0 bridgehead atoms. The predicted octanol–water partition coefficient (Wildman–Crippen LogP) is 4.01. The molecule has 0 aliphatic rings. The summed E-state index contributed by atoms with van der Waals surface area (Å²) >= 11 is 0. The molecule has 2 aromatic carbocycles. The SMILES string of the molecule is CCc1cccc(OCc2cnn(-c3ccccc3)c2)c1. The summed E-state index contributed by atoms with van der Waals surface area (Å²) in [6, 6.07) is 18.3. The Kier molecular flexibility index (Phi) is 4.01. The summed E-state index contributed by atoms with van der Waals surface area (Å²) in [5, 5.41) is 4.37. The van der Waals surface area contributed by atoms with Gasteiger partial charge in [0.1, 0.15) is 12.4 Å². The molecule has 0 atom stereocenters. The van der Waals surface area contributed by atoms with E-state index < -0.39 is 0 Å². The molecule has 0 aliphatic carbocycles. The van der Waals surface area contributed by atoms with Crippen LogP contribution in [-0.2, 0) is 13.0 Å². The van der Waals surface area contributed by atoms with Crippen molar-refractivity contribution in [2.45, 2.75) is 20.0 Å². The van der Waals surface area contributed by atoms with E-state index in [1.165, 1.54) is 5.56 Å². The van der Waals surface area contributed by atoms with Crippen LogP contribution < -0.4 is 4.74 Å². The van der Waals surface area contributed by atoms with Crippen molar-refractivity contribution in [2.24, 2.45) is 0 Å². The molecule has 0 saturated carbocycles. The second-order valence-electron chi connectivity index (χ2n) is 4.92. The maximum Gasteiger partial charge on any atom is 0.120 e. The molecule has 0 aliphatic heterocycles. The van der Waals surface area contributed by atoms with Gasteiger partial charge in [-0.1, -0.05) is 37.3 Å². The van der Waals surface area contributed by atoms with E-state index in [4.69, 9.17) is 4.74 Å². The summed E-state index contributed by atoms with van der Waals surface area (Å²) < 4.78 is 7.69. The van der Waals surface area contributed by atoms with Crippen molar-refractivity contribution in [1.29, 1.82) is 0 Å². The molecule has 1 heterocycles. The van der Waals surface area contributed by atoms with Gasteiger partial charge in [0.25, 0.3) is 0 Å². The highest BCUT2D eigenvalue weighted by Crippen LogP contribution is 2.16. The number of aromatic nitrogens is 2. The predicted molar refractivity (Wildman–Crippen MR) is 83.7 cm³/mol. The van der Waals surface area contributed by atoms with Gasteiger partial charge in [-0.2, -0.15) is 5.10 Å². The van der Waals surface area contributed by atoms with Crippen molar-refractivity contribution in [3.63, 3.8) is 0 Å². The molecule has 0 N–H and O–H groups in total. The zero-order chi connectivity index (χ0) is 14.5. The lowest BCUT2D eigenvalue weighted by molar-refractivity contribution is 0.306. The minimum atomic E-state index is 0.528. The van der Waals surface area contributed by atoms with Gasteiger partial charge < -0.3 is 4.74 Å². The van der Waals surface area contributed by atoms with Gasteiger partial charge in [0, 0.05) is 11.8 Å². The normalized spacial score (nSPS) is 10.5. The molecule has 1 aromatic heterocycles. The van der Waals surface area contributed by atoms with Crippen LogP contribution in [0.15, 0.2) is 67.0 Å². The third-order valence-corrected chi connectivity index (χ3v) is 3.37. The van der Waals surface area contributed by atoms with Crippen molar-refractivity contribution < 1.29 is 4.74 Å². The van der Waals surface area contributed by atoms with Gasteiger partial charge in [0.2, 0.25) is 0 Å². The number of rotatable bonds is 5. The Labute approximate surface area is 124 Å². The van der Waals surface area contributed by atoms with E-state index in [2.05, 4.69) is 24.2 Å². The largest absolute Gasteiger partial charge is 0.489 e. The maximum atomic E-state index is 5.83. The Morgan fingerprint density at radius 2 is 1.86 bits per heavy atom. The minimum Gasteiger partial charge on any atom is -0.489 e. The molecule has 21 heavy (non-hydrogen) atoms. The van der Waals surface area contributed by atoms with Crippen LogP contribution in [-0.4, -0.2) is 9.78 Å². The van der Waals surface area contributed by atoms with Crippen molar-refractivity contribution >= 4 is 0 Å². The van der Waals surface area contributed by atoms with Gasteiger partial charge in [-0.05, 0) is 36.2 Å². The molecule has 3 rings (SSSR count). The number of aryl methyl sites for hydroxylation is 1. The molecule has 3 nitrogen and oxygen atoms in total. The smallest absolute Gasteiger partial charge is 0.120 e. The highest BCUT2D eigenvalue weighted by atomic mass is 16.5. The molecule has 3 heteroatoms. The Morgan fingerprint density at radius 3 is 2.67 bits per heavy atom. The van der Waals surface area contributed by atoms with Crippen LogP contribution in [0.25, 0.3) is 5.69 Å². The number of nitrogens with zero attached hydrogens (tertiary/aromatic N) is 2. The quantitative estimate of drug-likeness (QED) is 0.705. The second kappa shape index (κ2) is 6.27. The lowest BCUT2D eigenvalue weighted by atomic mass is 10.2. The molecular weight excluding hydrogens is 260 g/mol. The lowest BCUT2D eigenvalue weighted by Crippen LogP contribution is -1.95. The fourth-order valence-electron chi connectivity index (χ4n) is 2.18. The topological polar surface area (TPSA) is 27.1 Å². The molecule has 106 valence electrons. The fourth-order valence-corrected chi connectivity index (χ4v) is 2.18. The zero-order valence-corrected chi connectivity index (χ0v) is 12.1. The summed E-state index contributed by atoms with van der Waals surface area (Å²) in [5.74, 6) is 0.904. The molecular formula is C18H18N2O. The van der Waals surface area contributed by atoms with E-state index in [0.717, 1.165) is 23.4 Å². The van der Waals surface area contributed by atoms with Gasteiger partial charge in [0.15, 0.2) is 0 Å². The fraction of sp³-hybridized carbons (Fsp3) is 0.167. The average molecular weight is 278 g/mol. The van der Waals surface area contributed by atoms with E-state index >= 15 is 0 Å². The molecule has 0 unspecified atom stereocenters. The van der Waals surface area contributed by atoms with E-state index in [9.17, 15) is 0 Å². The average Bonchev–Trinajstić information content (AvgIpc) is 3.03. The van der Waals surface area contributed by atoms with Gasteiger partial charge in [-0.25, -0.2) is 4.68 Å². The van der Waals surface area contributed by atoms with Crippen molar-refractivity contribution in [2.75, 3.05) is 0 Å². The Morgan fingerprint density at radius 1 is 1.00 bits per heavy atom. The van der Waals surface area contributed by atoms with Gasteiger partial charge in [0.05, 0.1) is 11.9 Å². The Balaban J connectivity index is 1.67. The summed E-state index contributed by atoms with van der Waals surface area (Å²) in [5.41, 5.74) is 3.39. The van der Waals surface area contributed by atoms with Crippen LogP contribution in [0.5, 0.6) is 5.75 Å². The molecule has 0 fully saturated rings. The first-order valence-corrected chi connectivity index (χ1v) is 7.16. The van der Waals surface area contributed by atoms with Gasteiger partial charge in [-0.3, -0.25) is 0 Å². The monoisotopic (exact) mass is 278 g/mol. The summed E-state index contributed by atoms with van der Waals surface area (Å²) in [6.45, 7) is 2.67. The number of ether oxygens (including phenoxy) is 1. The van der Waals surface area contributed by atoms with E-state index in [1.54, 1.807) is 0 Å². The minimum absolute atomic E-state index is 0.528. The van der Waals surface area contributed by atoms with Crippen molar-refractivity contribution in [1.82, 2.24) is 9.78 Å². The van der Waals surface area contributed by atoms with Crippen LogP contribution in [0, 0.1) is 0 Å². The second-order valence-corrected chi connectivity index (χ2v) is 4.92. The van der Waals surface area contributed by atoms with E-state index in [0.29, 0.717) is 6.61 Å². The molecule has 3 aromatic rings. The summed E-state index contributed by atoms with van der Waals surface area (Å²) in [4.78, 5) is 0. The van der Waals surface area contributed by atoms with Gasteiger partial charge >= 0.3 is 0 Å². The molecule has 0 radical (unpaired) electrons. The lowest BCUT2D eigenvalue weighted by Gasteiger charge is -2.06. The van der Waals surface area contributed by atoms with Crippen LogP contribution in [0.2, 0.25) is 0 Å². The zero-order valence-electron chi connectivity index (χ0n) is 12.1. The maximum absolute atomic E-state index is 5.83.